The summed E-state index contributed by atoms with van der Waals surface area (Å²) in [6, 6.07) is 8.08. The van der Waals surface area contributed by atoms with Gasteiger partial charge >= 0.3 is 6.01 Å². The third-order valence-corrected chi connectivity index (χ3v) is 6.03. The fraction of sp³-hybridized carbons (Fsp3) is 0.250. The summed E-state index contributed by atoms with van der Waals surface area (Å²) in [4.78, 5) is 20.0. The summed E-state index contributed by atoms with van der Waals surface area (Å²) in [5.41, 5.74) is 0.531. The molecule has 2 aromatic heterocycles. The van der Waals surface area contributed by atoms with Crippen molar-refractivity contribution >= 4 is 15.8 Å². The molecule has 0 amide bonds. The van der Waals surface area contributed by atoms with E-state index in [1.165, 1.54) is 68.1 Å². The van der Waals surface area contributed by atoms with Gasteiger partial charge in [-0.15, -0.1) is 0 Å². The molecule has 0 unspecified atom stereocenters. The number of hydrogen-bond acceptors (Lipinski definition) is 7. The summed E-state index contributed by atoms with van der Waals surface area (Å²) >= 11 is 0. The molecule has 0 radical (unpaired) electrons. The van der Waals surface area contributed by atoms with Gasteiger partial charge < -0.3 is 14.0 Å². The maximum Gasteiger partial charge on any atom is 0.324 e. The highest BCUT2D eigenvalue weighted by molar-refractivity contribution is 7.93. The first-order chi connectivity index (χ1) is 14.6. The van der Waals surface area contributed by atoms with Crippen LogP contribution in [0.4, 0.5) is 10.2 Å². The lowest BCUT2D eigenvalue weighted by Crippen LogP contribution is -2.23. The smallest absolute Gasteiger partial charge is 0.324 e. The van der Waals surface area contributed by atoms with Crippen LogP contribution in [0.3, 0.4) is 0 Å². The summed E-state index contributed by atoms with van der Waals surface area (Å²) in [6.07, 6.45) is 1.53. The Bertz CT molecular complexity index is 1270. The molecule has 0 bridgehead atoms. The first-order valence-corrected chi connectivity index (χ1v) is 10.7. The molecule has 0 saturated heterocycles. The molecule has 3 aromatic rings. The number of nitrogens with zero attached hydrogens (tertiary/aromatic N) is 3. The van der Waals surface area contributed by atoms with Crippen LogP contribution in [0.15, 0.2) is 47.4 Å². The van der Waals surface area contributed by atoms with Crippen molar-refractivity contribution in [1.29, 1.82) is 0 Å². The average molecular weight is 448 g/mol. The Morgan fingerprint density at radius 1 is 1.16 bits per heavy atom. The van der Waals surface area contributed by atoms with E-state index in [9.17, 15) is 17.6 Å². The molecular formula is C20H21FN4O5S. The van der Waals surface area contributed by atoms with E-state index in [0.29, 0.717) is 5.56 Å². The first kappa shape index (κ1) is 22.2. The number of benzene rings is 1. The maximum absolute atomic E-state index is 14.3. The van der Waals surface area contributed by atoms with Gasteiger partial charge in [-0.2, -0.15) is 9.97 Å². The standard InChI is InChI=1S/C20H21FN4O5S/c1-12(2)31(27,28)24-17-10-15(13-8-9-18(26)25(3)11-13)22-20(23-17)30-19-14(21)6-5-7-16(19)29-4/h5-12H,1-4H3,(H,22,23,24). The minimum Gasteiger partial charge on any atom is -0.493 e. The van der Waals surface area contributed by atoms with Crippen LogP contribution in [0.5, 0.6) is 17.5 Å². The number of pyridine rings is 1. The molecule has 0 fully saturated rings. The first-order valence-electron chi connectivity index (χ1n) is 9.19. The Labute approximate surface area is 178 Å². The van der Waals surface area contributed by atoms with E-state index in [-0.39, 0.29) is 34.6 Å². The molecule has 0 atom stereocenters. The van der Waals surface area contributed by atoms with Crippen molar-refractivity contribution in [2.75, 3.05) is 11.8 Å². The Morgan fingerprint density at radius 3 is 2.55 bits per heavy atom. The number of halogens is 1. The second kappa shape index (κ2) is 8.72. The van der Waals surface area contributed by atoms with Crippen LogP contribution in [-0.2, 0) is 17.1 Å². The fourth-order valence-electron chi connectivity index (χ4n) is 2.52. The van der Waals surface area contributed by atoms with Crippen LogP contribution < -0.4 is 19.8 Å². The van der Waals surface area contributed by atoms with Crippen molar-refractivity contribution in [3.8, 4) is 28.8 Å². The number of hydrogen-bond donors (Lipinski definition) is 1. The lowest BCUT2D eigenvalue weighted by atomic mass is 10.2. The van der Waals surface area contributed by atoms with Gasteiger partial charge in [0, 0.05) is 30.9 Å². The van der Waals surface area contributed by atoms with Crippen LogP contribution in [0, 0.1) is 5.82 Å². The zero-order valence-corrected chi connectivity index (χ0v) is 18.1. The molecule has 0 aliphatic heterocycles. The third kappa shape index (κ3) is 5.00. The lowest BCUT2D eigenvalue weighted by Gasteiger charge is -2.14. The summed E-state index contributed by atoms with van der Waals surface area (Å²) in [5.74, 6) is -0.918. The zero-order valence-electron chi connectivity index (χ0n) is 17.3. The van der Waals surface area contributed by atoms with E-state index >= 15 is 0 Å². The van der Waals surface area contributed by atoms with Crippen molar-refractivity contribution in [2.24, 2.45) is 7.05 Å². The molecule has 0 aliphatic carbocycles. The van der Waals surface area contributed by atoms with Gasteiger partial charge in [0.15, 0.2) is 11.6 Å². The highest BCUT2D eigenvalue weighted by Gasteiger charge is 2.20. The fourth-order valence-corrected chi connectivity index (χ4v) is 3.15. The summed E-state index contributed by atoms with van der Waals surface area (Å²) in [5, 5.41) is -0.723. The Balaban J connectivity index is 2.13. The number of aryl methyl sites for hydroxylation is 1. The van der Waals surface area contributed by atoms with E-state index in [4.69, 9.17) is 9.47 Å². The van der Waals surface area contributed by atoms with Crippen molar-refractivity contribution in [3.63, 3.8) is 0 Å². The summed E-state index contributed by atoms with van der Waals surface area (Å²) in [6.45, 7) is 3.03. The molecule has 11 heteroatoms. The van der Waals surface area contributed by atoms with Crippen molar-refractivity contribution < 1.29 is 22.3 Å². The molecule has 1 aromatic carbocycles. The molecule has 3 rings (SSSR count). The minimum atomic E-state index is -3.73. The number of nitrogens with one attached hydrogen (secondary N) is 1. The molecule has 164 valence electrons. The number of sulfonamides is 1. The molecule has 1 N–H and O–H groups in total. The lowest BCUT2D eigenvalue weighted by molar-refractivity contribution is 0.352. The number of para-hydroxylation sites is 1. The molecule has 9 nitrogen and oxygen atoms in total. The summed E-state index contributed by atoms with van der Waals surface area (Å²) in [7, 11) is -0.806. The topological polar surface area (TPSA) is 112 Å². The monoisotopic (exact) mass is 448 g/mol. The van der Waals surface area contributed by atoms with E-state index in [0.717, 1.165) is 0 Å². The highest BCUT2D eigenvalue weighted by atomic mass is 32.2. The number of anilines is 1. The Hall–Kier alpha value is -3.47. The predicted molar refractivity (Wildman–Crippen MR) is 113 cm³/mol. The second-order valence-electron chi connectivity index (χ2n) is 6.86. The normalized spacial score (nSPS) is 11.4. The van der Waals surface area contributed by atoms with E-state index in [2.05, 4.69) is 14.7 Å². The van der Waals surface area contributed by atoms with Crippen LogP contribution in [0.25, 0.3) is 11.3 Å². The maximum atomic E-state index is 14.3. The van der Waals surface area contributed by atoms with E-state index in [1.807, 2.05) is 0 Å². The van der Waals surface area contributed by atoms with Crippen molar-refractivity contribution in [3.05, 3.63) is 58.8 Å². The largest absolute Gasteiger partial charge is 0.493 e. The van der Waals surface area contributed by atoms with Gasteiger partial charge in [0.2, 0.25) is 21.3 Å². The van der Waals surface area contributed by atoms with Crippen molar-refractivity contribution in [2.45, 2.75) is 19.1 Å². The van der Waals surface area contributed by atoms with Crippen molar-refractivity contribution in [1.82, 2.24) is 14.5 Å². The van der Waals surface area contributed by atoms with Crippen LogP contribution >= 0.6 is 0 Å². The highest BCUT2D eigenvalue weighted by Crippen LogP contribution is 2.34. The molecular weight excluding hydrogens is 427 g/mol. The van der Waals surface area contributed by atoms with Gasteiger partial charge in [0.1, 0.15) is 5.82 Å². The van der Waals surface area contributed by atoms with Gasteiger partial charge in [-0.3, -0.25) is 9.52 Å². The Kier molecular flexibility index (Phi) is 6.25. The van der Waals surface area contributed by atoms with Gasteiger partial charge in [0.25, 0.3) is 0 Å². The van der Waals surface area contributed by atoms with Crippen LogP contribution in [-0.4, -0.2) is 35.3 Å². The SMILES string of the molecule is COc1cccc(F)c1Oc1nc(NS(=O)(=O)C(C)C)cc(-c2ccc(=O)n(C)c2)n1. The number of ether oxygens (including phenoxy) is 2. The molecule has 2 heterocycles. The van der Waals surface area contributed by atoms with Gasteiger partial charge in [0.05, 0.1) is 18.1 Å². The minimum absolute atomic E-state index is 0.0714. The van der Waals surface area contributed by atoms with Gasteiger partial charge in [-0.25, -0.2) is 12.8 Å². The molecule has 0 saturated carbocycles. The number of rotatable bonds is 7. The van der Waals surface area contributed by atoms with E-state index < -0.39 is 21.1 Å². The average Bonchev–Trinajstić information content (AvgIpc) is 2.71. The van der Waals surface area contributed by atoms with Gasteiger partial charge in [-0.1, -0.05) is 6.07 Å². The van der Waals surface area contributed by atoms with Crippen LogP contribution in [0.2, 0.25) is 0 Å². The predicted octanol–water partition coefficient (Wildman–Crippen LogP) is 2.93. The van der Waals surface area contributed by atoms with Crippen LogP contribution in [0.1, 0.15) is 13.8 Å². The zero-order chi connectivity index (χ0) is 22.8. The third-order valence-electron chi connectivity index (χ3n) is 4.30. The second-order valence-corrected chi connectivity index (χ2v) is 9.09. The Morgan fingerprint density at radius 2 is 1.90 bits per heavy atom. The molecule has 31 heavy (non-hydrogen) atoms. The molecule has 0 aliphatic rings. The number of aromatic nitrogens is 3. The van der Waals surface area contributed by atoms with Gasteiger partial charge in [-0.05, 0) is 32.0 Å². The van der Waals surface area contributed by atoms with E-state index in [1.54, 1.807) is 7.05 Å². The quantitative estimate of drug-likeness (QED) is 0.591. The summed E-state index contributed by atoms with van der Waals surface area (Å²) < 4.78 is 53.3. The number of methoxy groups -OCH3 is 1. The molecule has 0 spiro atoms.